The molecule has 1 aromatic rings. The molecule has 0 atom stereocenters. The van der Waals surface area contributed by atoms with E-state index in [0.29, 0.717) is 5.75 Å². The molecule has 0 unspecified atom stereocenters. The summed E-state index contributed by atoms with van der Waals surface area (Å²) < 4.78 is 5.46. The van der Waals surface area contributed by atoms with E-state index in [1.54, 1.807) is 0 Å². The van der Waals surface area contributed by atoms with Gasteiger partial charge in [-0.1, -0.05) is 39.0 Å². The lowest BCUT2D eigenvalue weighted by atomic mass is 9.83. The first kappa shape index (κ1) is 17.2. The summed E-state index contributed by atoms with van der Waals surface area (Å²) in [7, 11) is 0. The van der Waals surface area contributed by atoms with Gasteiger partial charge in [-0.15, -0.1) is 0 Å². The standard InChI is InChI=1S/C19H26O2/c1-12(2)9-15-10-16(19(6,7)8)11-17(13(3)4)18(15)21-14(5)20/h9-11H,3H2,1-2,4-8H3. The summed E-state index contributed by atoms with van der Waals surface area (Å²) in [6.07, 6.45) is 2.04. The lowest BCUT2D eigenvalue weighted by Crippen LogP contribution is -2.13. The number of benzene rings is 1. The molecule has 2 heteroatoms. The van der Waals surface area contributed by atoms with Crippen molar-refractivity contribution in [2.45, 2.75) is 53.9 Å². The van der Waals surface area contributed by atoms with Gasteiger partial charge in [0.05, 0.1) is 0 Å². The van der Waals surface area contributed by atoms with Crippen LogP contribution >= 0.6 is 0 Å². The van der Waals surface area contributed by atoms with Gasteiger partial charge in [0.1, 0.15) is 5.75 Å². The molecule has 1 aromatic carbocycles. The summed E-state index contributed by atoms with van der Waals surface area (Å²) in [4.78, 5) is 11.4. The van der Waals surface area contributed by atoms with E-state index in [0.717, 1.165) is 22.3 Å². The number of rotatable bonds is 3. The molecular formula is C19H26O2. The predicted octanol–water partition coefficient (Wildman–Crippen LogP) is 5.37. The lowest BCUT2D eigenvalue weighted by molar-refractivity contribution is -0.131. The third-order valence-corrected chi connectivity index (χ3v) is 3.13. The highest BCUT2D eigenvalue weighted by Gasteiger charge is 2.20. The van der Waals surface area contributed by atoms with E-state index in [-0.39, 0.29) is 11.4 Å². The number of allylic oxidation sites excluding steroid dienone is 2. The van der Waals surface area contributed by atoms with Crippen molar-refractivity contribution in [1.29, 1.82) is 0 Å². The van der Waals surface area contributed by atoms with Crippen molar-refractivity contribution < 1.29 is 9.53 Å². The Morgan fingerprint density at radius 2 is 1.71 bits per heavy atom. The van der Waals surface area contributed by atoms with Gasteiger partial charge in [-0.2, -0.15) is 0 Å². The molecule has 1 rings (SSSR count). The highest BCUT2D eigenvalue weighted by molar-refractivity contribution is 5.79. The van der Waals surface area contributed by atoms with Crippen LogP contribution in [0.15, 0.2) is 24.3 Å². The number of hydrogen-bond donors (Lipinski definition) is 0. The summed E-state index contributed by atoms with van der Waals surface area (Å²) in [6.45, 7) is 17.9. The van der Waals surface area contributed by atoms with Gasteiger partial charge in [-0.05, 0) is 49.5 Å². The third kappa shape index (κ3) is 4.59. The summed E-state index contributed by atoms with van der Waals surface area (Å²) in [5, 5.41) is 0. The maximum Gasteiger partial charge on any atom is 0.308 e. The van der Waals surface area contributed by atoms with Crippen molar-refractivity contribution >= 4 is 17.6 Å². The van der Waals surface area contributed by atoms with Gasteiger partial charge >= 0.3 is 5.97 Å². The molecule has 2 nitrogen and oxygen atoms in total. The maximum atomic E-state index is 11.4. The Kier molecular flexibility index (Phi) is 5.16. The van der Waals surface area contributed by atoms with Gasteiger partial charge in [0.15, 0.2) is 0 Å². The van der Waals surface area contributed by atoms with Gasteiger partial charge in [0.25, 0.3) is 0 Å². The van der Waals surface area contributed by atoms with Crippen molar-refractivity contribution in [2.75, 3.05) is 0 Å². The molecule has 0 radical (unpaired) electrons. The van der Waals surface area contributed by atoms with E-state index in [1.165, 1.54) is 12.5 Å². The molecule has 0 heterocycles. The molecule has 0 fully saturated rings. The van der Waals surface area contributed by atoms with Crippen LogP contribution in [0.1, 0.15) is 65.2 Å². The minimum absolute atomic E-state index is 0.0171. The van der Waals surface area contributed by atoms with E-state index in [4.69, 9.17) is 4.74 Å². The zero-order valence-electron chi connectivity index (χ0n) is 14.3. The average Bonchev–Trinajstić information content (AvgIpc) is 2.27. The lowest BCUT2D eigenvalue weighted by Gasteiger charge is -2.23. The Morgan fingerprint density at radius 3 is 2.10 bits per heavy atom. The number of esters is 1. The van der Waals surface area contributed by atoms with Gasteiger partial charge in [0, 0.05) is 18.1 Å². The van der Waals surface area contributed by atoms with E-state index in [1.807, 2.05) is 26.8 Å². The summed E-state index contributed by atoms with van der Waals surface area (Å²) >= 11 is 0. The highest BCUT2D eigenvalue weighted by Crippen LogP contribution is 2.36. The van der Waals surface area contributed by atoms with Crippen LogP contribution in [0, 0.1) is 0 Å². The monoisotopic (exact) mass is 286 g/mol. The van der Waals surface area contributed by atoms with Gasteiger partial charge < -0.3 is 4.74 Å². The summed E-state index contributed by atoms with van der Waals surface area (Å²) in [6, 6.07) is 4.17. The highest BCUT2D eigenvalue weighted by atomic mass is 16.5. The Labute approximate surface area is 128 Å². The second kappa shape index (κ2) is 6.30. The number of carbonyl (C=O) groups is 1. The molecule has 114 valence electrons. The minimum atomic E-state index is -0.315. The van der Waals surface area contributed by atoms with Crippen molar-refractivity contribution in [3.05, 3.63) is 41.0 Å². The van der Waals surface area contributed by atoms with Crippen LogP contribution in [-0.2, 0) is 10.2 Å². The average molecular weight is 286 g/mol. The molecular weight excluding hydrogens is 260 g/mol. The Bertz CT molecular complexity index is 595. The van der Waals surface area contributed by atoms with E-state index >= 15 is 0 Å². The van der Waals surface area contributed by atoms with Crippen LogP contribution in [0.4, 0.5) is 0 Å². The first-order valence-corrected chi connectivity index (χ1v) is 7.20. The summed E-state index contributed by atoms with van der Waals surface area (Å²) in [5.74, 6) is 0.286. The topological polar surface area (TPSA) is 26.3 Å². The van der Waals surface area contributed by atoms with Crippen molar-refractivity contribution in [2.24, 2.45) is 0 Å². The summed E-state index contributed by atoms with van der Waals surface area (Å²) in [5.41, 5.74) is 5.08. The largest absolute Gasteiger partial charge is 0.425 e. The first-order valence-electron chi connectivity index (χ1n) is 7.20. The Morgan fingerprint density at radius 1 is 1.14 bits per heavy atom. The molecule has 0 bridgehead atoms. The van der Waals surface area contributed by atoms with Crippen molar-refractivity contribution in [3.63, 3.8) is 0 Å². The predicted molar refractivity (Wildman–Crippen MR) is 90.5 cm³/mol. The molecule has 0 aliphatic rings. The fourth-order valence-corrected chi connectivity index (χ4v) is 2.08. The number of ether oxygens (including phenoxy) is 1. The normalized spacial score (nSPS) is 11.0. The second-order valence-corrected chi connectivity index (χ2v) is 6.79. The van der Waals surface area contributed by atoms with Crippen LogP contribution in [0.3, 0.4) is 0 Å². The number of carbonyl (C=O) groups excluding carboxylic acids is 1. The van der Waals surface area contributed by atoms with E-state index in [2.05, 4.69) is 39.5 Å². The fraction of sp³-hybridized carbons (Fsp3) is 0.421. The number of hydrogen-bond acceptors (Lipinski definition) is 2. The minimum Gasteiger partial charge on any atom is -0.425 e. The maximum absolute atomic E-state index is 11.4. The van der Waals surface area contributed by atoms with Crippen LogP contribution < -0.4 is 4.74 Å². The van der Waals surface area contributed by atoms with Gasteiger partial charge in [0.2, 0.25) is 0 Å². The zero-order valence-corrected chi connectivity index (χ0v) is 14.3. The van der Waals surface area contributed by atoms with E-state index < -0.39 is 0 Å². The Hall–Kier alpha value is -1.83. The molecule has 0 saturated carbocycles. The molecule has 0 aromatic heterocycles. The molecule has 0 spiro atoms. The zero-order chi connectivity index (χ0) is 16.4. The Balaban J connectivity index is 3.69. The van der Waals surface area contributed by atoms with Crippen LogP contribution in [0.2, 0.25) is 0 Å². The molecule has 0 saturated heterocycles. The van der Waals surface area contributed by atoms with Crippen LogP contribution in [0.25, 0.3) is 11.6 Å². The van der Waals surface area contributed by atoms with E-state index in [9.17, 15) is 4.79 Å². The molecule has 0 amide bonds. The second-order valence-electron chi connectivity index (χ2n) is 6.79. The van der Waals surface area contributed by atoms with Gasteiger partial charge in [-0.3, -0.25) is 4.79 Å². The van der Waals surface area contributed by atoms with Crippen molar-refractivity contribution in [1.82, 2.24) is 0 Å². The SMILES string of the molecule is C=C(C)c1cc(C(C)(C)C)cc(C=C(C)C)c1OC(C)=O. The van der Waals surface area contributed by atoms with Crippen LogP contribution in [-0.4, -0.2) is 5.97 Å². The molecule has 0 N–H and O–H groups in total. The smallest absolute Gasteiger partial charge is 0.308 e. The first-order chi connectivity index (χ1) is 9.52. The van der Waals surface area contributed by atoms with Crippen LogP contribution in [0.5, 0.6) is 5.75 Å². The fourth-order valence-electron chi connectivity index (χ4n) is 2.08. The molecule has 21 heavy (non-hydrogen) atoms. The molecule has 0 aliphatic carbocycles. The third-order valence-electron chi connectivity index (χ3n) is 3.13. The molecule has 0 aliphatic heterocycles. The van der Waals surface area contributed by atoms with Gasteiger partial charge in [-0.25, -0.2) is 0 Å². The van der Waals surface area contributed by atoms with Crippen molar-refractivity contribution in [3.8, 4) is 5.75 Å². The quantitative estimate of drug-likeness (QED) is 0.552.